The third kappa shape index (κ3) is 3.95. The fourth-order valence-electron chi connectivity index (χ4n) is 2.59. The van der Waals surface area contributed by atoms with E-state index in [1.807, 2.05) is 25.1 Å². The predicted molar refractivity (Wildman–Crippen MR) is 95.3 cm³/mol. The van der Waals surface area contributed by atoms with Gasteiger partial charge in [-0.2, -0.15) is 0 Å². The number of nitrogens with zero attached hydrogens (tertiary/aromatic N) is 1. The topological polar surface area (TPSA) is 69.6 Å². The Morgan fingerprint density at radius 2 is 1.71 bits per heavy atom. The second-order valence-electron chi connectivity index (χ2n) is 5.80. The maximum atomic E-state index is 12.4. The molecule has 0 spiro atoms. The van der Waals surface area contributed by atoms with Crippen molar-refractivity contribution in [3.05, 3.63) is 59.7 Å². The second-order valence-corrected chi connectivity index (χ2v) is 7.92. The fourth-order valence-corrected chi connectivity index (χ4v) is 3.70. The molecule has 0 unspecified atom stereocenters. The van der Waals surface area contributed by atoms with Gasteiger partial charge in [0, 0.05) is 32.2 Å². The van der Waals surface area contributed by atoms with Crippen LogP contribution in [0.2, 0.25) is 0 Å². The number of phenols is 1. The number of para-hydroxylation sites is 1. The van der Waals surface area contributed by atoms with Crippen LogP contribution in [-0.2, 0) is 16.6 Å². The predicted octanol–water partition coefficient (Wildman–Crippen LogP) is 2.88. The van der Waals surface area contributed by atoms with Crippen molar-refractivity contribution >= 4 is 10.0 Å². The van der Waals surface area contributed by atoms with Crippen LogP contribution in [0.25, 0.3) is 0 Å². The molecule has 6 heteroatoms. The van der Waals surface area contributed by atoms with Gasteiger partial charge >= 0.3 is 0 Å². The maximum absolute atomic E-state index is 12.4. The molecule has 0 saturated carbocycles. The van der Waals surface area contributed by atoms with Gasteiger partial charge in [-0.05, 0) is 24.1 Å². The van der Waals surface area contributed by atoms with Gasteiger partial charge in [-0.3, -0.25) is 0 Å². The molecule has 2 aromatic carbocycles. The highest BCUT2D eigenvalue weighted by Gasteiger charge is 2.21. The Bertz CT molecular complexity index is 788. The first kappa shape index (κ1) is 18.4. The number of rotatable bonds is 7. The average Bonchev–Trinajstić information content (AvgIpc) is 2.57. The molecule has 2 rings (SSSR count). The summed E-state index contributed by atoms with van der Waals surface area (Å²) in [6, 6.07) is 14.1. The van der Waals surface area contributed by atoms with Gasteiger partial charge in [-0.15, -0.1) is 0 Å². The number of phenolic OH excluding ortho intramolecular Hbond substituents is 1. The molecule has 130 valence electrons. The Balaban J connectivity index is 2.25. The zero-order valence-electron chi connectivity index (χ0n) is 14.2. The second kappa shape index (κ2) is 7.79. The van der Waals surface area contributed by atoms with Crippen molar-refractivity contribution in [2.45, 2.75) is 30.8 Å². The molecule has 0 aliphatic heterocycles. The van der Waals surface area contributed by atoms with E-state index >= 15 is 0 Å². The van der Waals surface area contributed by atoms with Gasteiger partial charge in [-0.1, -0.05) is 43.3 Å². The van der Waals surface area contributed by atoms with E-state index in [4.69, 9.17) is 0 Å². The van der Waals surface area contributed by atoms with Crippen molar-refractivity contribution < 1.29 is 13.5 Å². The zero-order chi connectivity index (χ0) is 17.7. The summed E-state index contributed by atoms with van der Waals surface area (Å²) in [5.41, 5.74) is 1.52. The van der Waals surface area contributed by atoms with Crippen LogP contribution < -0.4 is 5.32 Å². The fraction of sp³-hybridized carbons (Fsp3) is 0.333. The minimum atomic E-state index is -3.49. The van der Waals surface area contributed by atoms with E-state index in [-0.39, 0.29) is 11.8 Å². The van der Waals surface area contributed by atoms with E-state index in [0.29, 0.717) is 17.0 Å². The first-order valence-electron chi connectivity index (χ1n) is 7.89. The molecular weight excluding hydrogens is 324 g/mol. The van der Waals surface area contributed by atoms with Crippen LogP contribution in [0.5, 0.6) is 5.75 Å². The summed E-state index contributed by atoms with van der Waals surface area (Å²) in [6.07, 6.45) is 0.778. The first-order valence-corrected chi connectivity index (χ1v) is 9.33. The van der Waals surface area contributed by atoms with E-state index in [2.05, 4.69) is 5.32 Å². The monoisotopic (exact) mass is 348 g/mol. The van der Waals surface area contributed by atoms with Crippen LogP contribution >= 0.6 is 0 Å². The van der Waals surface area contributed by atoms with E-state index in [9.17, 15) is 13.5 Å². The molecule has 1 atom stereocenters. The van der Waals surface area contributed by atoms with Crippen molar-refractivity contribution in [1.29, 1.82) is 0 Å². The van der Waals surface area contributed by atoms with Crippen molar-refractivity contribution in [3.63, 3.8) is 0 Å². The highest BCUT2D eigenvalue weighted by atomic mass is 32.2. The van der Waals surface area contributed by atoms with Crippen molar-refractivity contribution in [2.24, 2.45) is 0 Å². The molecule has 2 N–H and O–H groups in total. The summed E-state index contributed by atoms with van der Waals surface area (Å²) in [5, 5.41) is 13.4. The smallest absolute Gasteiger partial charge is 0.242 e. The molecule has 0 heterocycles. The third-order valence-electron chi connectivity index (χ3n) is 3.99. The summed E-state index contributed by atoms with van der Waals surface area (Å²) >= 11 is 0. The summed E-state index contributed by atoms with van der Waals surface area (Å²) < 4.78 is 26.1. The summed E-state index contributed by atoms with van der Waals surface area (Å²) in [6.45, 7) is 2.42. The maximum Gasteiger partial charge on any atom is 0.242 e. The van der Waals surface area contributed by atoms with E-state index in [1.165, 1.54) is 18.4 Å². The van der Waals surface area contributed by atoms with E-state index in [1.54, 1.807) is 30.3 Å². The Morgan fingerprint density at radius 3 is 2.33 bits per heavy atom. The van der Waals surface area contributed by atoms with Crippen LogP contribution in [-0.4, -0.2) is 31.9 Å². The van der Waals surface area contributed by atoms with Crippen molar-refractivity contribution in [1.82, 2.24) is 9.62 Å². The average molecular weight is 348 g/mol. The highest BCUT2D eigenvalue weighted by molar-refractivity contribution is 7.89. The highest BCUT2D eigenvalue weighted by Crippen LogP contribution is 2.27. The molecule has 0 bridgehead atoms. The van der Waals surface area contributed by atoms with Crippen molar-refractivity contribution in [2.75, 3.05) is 14.1 Å². The van der Waals surface area contributed by atoms with Crippen LogP contribution in [0.15, 0.2) is 53.4 Å². The molecule has 2 aromatic rings. The van der Waals surface area contributed by atoms with Gasteiger partial charge in [-0.25, -0.2) is 12.7 Å². The lowest BCUT2D eigenvalue weighted by Crippen LogP contribution is -2.26. The normalized spacial score (nSPS) is 13.2. The number of nitrogens with one attached hydrogen (secondary N) is 1. The first-order chi connectivity index (χ1) is 11.4. The lowest BCUT2D eigenvalue weighted by atomic mass is 10.0. The summed E-state index contributed by atoms with van der Waals surface area (Å²) in [4.78, 5) is 0.301. The van der Waals surface area contributed by atoms with Gasteiger partial charge in [0.1, 0.15) is 5.75 Å². The zero-order valence-corrected chi connectivity index (χ0v) is 15.0. The number of sulfonamides is 1. The third-order valence-corrected chi connectivity index (χ3v) is 5.91. The standard InChI is InChI=1S/C18H24N2O3S/c1-4-16(15-10-6-7-11-17(15)21)19-13-14-9-5-8-12-18(14)24(22,23)20(2)3/h5-12,16,19,21H,4,13H2,1-3H3/t16-/m0/s1. The van der Waals surface area contributed by atoms with Crippen LogP contribution in [0.1, 0.15) is 30.5 Å². The van der Waals surface area contributed by atoms with Gasteiger partial charge in [0.2, 0.25) is 10.0 Å². The molecule has 5 nitrogen and oxygen atoms in total. The van der Waals surface area contributed by atoms with Gasteiger partial charge in [0.25, 0.3) is 0 Å². The Kier molecular flexibility index (Phi) is 5.99. The Hall–Kier alpha value is -1.89. The van der Waals surface area contributed by atoms with Gasteiger partial charge in [0.15, 0.2) is 0 Å². The molecule has 0 aliphatic carbocycles. The molecule has 0 fully saturated rings. The molecular formula is C18H24N2O3S. The quantitative estimate of drug-likeness (QED) is 0.807. The molecule has 0 amide bonds. The van der Waals surface area contributed by atoms with E-state index < -0.39 is 10.0 Å². The number of aromatic hydroxyl groups is 1. The van der Waals surface area contributed by atoms with Crippen LogP contribution in [0.4, 0.5) is 0 Å². The van der Waals surface area contributed by atoms with Gasteiger partial charge < -0.3 is 10.4 Å². The largest absolute Gasteiger partial charge is 0.508 e. The molecule has 0 saturated heterocycles. The number of hydrogen-bond acceptors (Lipinski definition) is 4. The summed E-state index contributed by atoms with van der Waals surface area (Å²) in [7, 11) is -0.443. The van der Waals surface area contributed by atoms with Crippen LogP contribution in [0.3, 0.4) is 0 Å². The lowest BCUT2D eigenvalue weighted by Gasteiger charge is -2.20. The molecule has 0 aliphatic rings. The number of hydrogen-bond donors (Lipinski definition) is 2. The minimum Gasteiger partial charge on any atom is -0.508 e. The van der Waals surface area contributed by atoms with Gasteiger partial charge in [0.05, 0.1) is 4.90 Å². The molecule has 0 radical (unpaired) electrons. The SMILES string of the molecule is CC[C@H](NCc1ccccc1S(=O)(=O)N(C)C)c1ccccc1O. The number of benzene rings is 2. The Morgan fingerprint density at radius 1 is 1.08 bits per heavy atom. The van der Waals surface area contributed by atoms with E-state index in [0.717, 1.165) is 12.0 Å². The van der Waals surface area contributed by atoms with Crippen molar-refractivity contribution in [3.8, 4) is 5.75 Å². The lowest BCUT2D eigenvalue weighted by molar-refractivity contribution is 0.439. The molecule has 0 aromatic heterocycles. The minimum absolute atomic E-state index is 0.0543. The Labute approximate surface area is 144 Å². The molecule has 24 heavy (non-hydrogen) atoms. The summed E-state index contributed by atoms with van der Waals surface area (Å²) in [5.74, 6) is 0.242. The van der Waals surface area contributed by atoms with Crippen LogP contribution in [0, 0.1) is 0 Å².